The summed E-state index contributed by atoms with van der Waals surface area (Å²) >= 11 is 0. The lowest BCUT2D eigenvalue weighted by Crippen LogP contribution is -2.61. The van der Waals surface area contributed by atoms with Crippen LogP contribution in [0.25, 0.3) is 22.3 Å². The SMILES string of the molecule is CC(=O)N1CCC2(CC1)CN(c1cc(Nc3cc(OC(F)F)ccn3)nc(-c3ccc4nn(C)c(C)c4c3)n1)C2. The Bertz CT molecular complexity index is 1570. The van der Waals surface area contributed by atoms with E-state index in [1.54, 1.807) is 6.92 Å². The van der Waals surface area contributed by atoms with Gasteiger partial charge in [0.15, 0.2) is 5.82 Å². The third-order valence-corrected chi connectivity index (χ3v) is 7.96. The number of amides is 1. The Morgan fingerprint density at radius 3 is 2.58 bits per heavy atom. The Labute approximate surface area is 230 Å². The van der Waals surface area contributed by atoms with E-state index in [1.807, 2.05) is 47.8 Å². The Kier molecular flexibility index (Phi) is 6.47. The largest absolute Gasteiger partial charge is 0.435 e. The van der Waals surface area contributed by atoms with Gasteiger partial charge in [-0.3, -0.25) is 9.48 Å². The molecule has 3 aromatic heterocycles. The molecule has 0 atom stereocenters. The summed E-state index contributed by atoms with van der Waals surface area (Å²) in [6.07, 6.45) is 3.32. The highest BCUT2D eigenvalue weighted by atomic mass is 19.3. The Balaban J connectivity index is 1.31. The van der Waals surface area contributed by atoms with E-state index in [0.29, 0.717) is 17.5 Å². The molecule has 208 valence electrons. The topological polar surface area (TPSA) is 101 Å². The third-order valence-electron chi connectivity index (χ3n) is 7.96. The molecule has 2 saturated heterocycles. The van der Waals surface area contributed by atoms with Gasteiger partial charge in [-0.15, -0.1) is 0 Å². The van der Waals surface area contributed by atoms with E-state index in [0.717, 1.165) is 67.0 Å². The Morgan fingerprint density at radius 2 is 1.85 bits per heavy atom. The predicted molar refractivity (Wildman–Crippen MR) is 147 cm³/mol. The number of rotatable bonds is 6. The van der Waals surface area contributed by atoms with Crippen LogP contribution in [0.3, 0.4) is 0 Å². The van der Waals surface area contributed by atoms with Gasteiger partial charge in [0.2, 0.25) is 5.91 Å². The predicted octanol–water partition coefficient (Wildman–Crippen LogP) is 4.53. The van der Waals surface area contributed by atoms with Gasteiger partial charge in [-0.05, 0) is 44.0 Å². The van der Waals surface area contributed by atoms with Gasteiger partial charge in [-0.2, -0.15) is 13.9 Å². The number of pyridine rings is 1. The average Bonchev–Trinajstić information content (AvgIpc) is 3.19. The number of nitrogens with one attached hydrogen (secondary N) is 1. The maximum Gasteiger partial charge on any atom is 0.387 e. The fraction of sp³-hybridized carbons (Fsp3) is 0.393. The summed E-state index contributed by atoms with van der Waals surface area (Å²) in [7, 11) is 1.91. The van der Waals surface area contributed by atoms with Crippen LogP contribution in [0.2, 0.25) is 0 Å². The van der Waals surface area contributed by atoms with E-state index in [4.69, 9.17) is 9.97 Å². The van der Waals surface area contributed by atoms with E-state index in [2.05, 4.69) is 25.0 Å². The quantitative estimate of drug-likeness (QED) is 0.375. The molecule has 6 rings (SSSR count). The van der Waals surface area contributed by atoms with Gasteiger partial charge in [0.1, 0.15) is 23.2 Å². The van der Waals surface area contributed by atoms with E-state index in [1.165, 1.54) is 18.3 Å². The fourth-order valence-electron chi connectivity index (χ4n) is 5.58. The van der Waals surface area contributed by atoms with Crippen molar-refractivity contribution in [3.63, 3.8) is 0 Å². The summed E-state index contributed by atoms with van der Waals surface area (Å²) in [4.78, 5) is 29.8. The zero-order valence-electron chi connectivity index (χ0n) is 22.6. The maximum atomic E-state index is 12.7. The van der Waals surface area contributed by atoms with Crippen LogP contribution in [-0.2, 0) is 11.8 Å². The number of ether oxygens (including phenoxy) is 1. The smallest absolute Gasteiger partial charge is 0.387 e. The molecule has 1 N–H and O–H groups in total. The van der Waals surface area contributed by atoms with Gasteiger partial charge in [0, 0.05) is 80.5 Å². The van der Waals surface area contributed by atoms with Crippen molar-refractivity contribution in [2.75, 3.05) is 36.4 Å². The highest BCUT2D eigenvalue weighted by Gasteiger charge is 2.45. The molecular formula is C28H30F2N8O2. The van der Waals surface area contributed by atoms with Crippen LogP contribution in [0, 0.1) is 12.3 Å². The molecule has 1 amide bonds. The number of piperidine rings is 1. The van der Waals surface area contributed by atoms with Crippen molar-refractivity contribution in [1.82, 2.24) is 29.6 Å². The van der Waals surface area contributed by atoms with Gasteiger partial charge in [0.05, 0.1) is 5.52 Å². The van der Waals surface area contributed by atoms with Crippen molar-refractivity contribution in [1.29, 1.82) is 0 Å². The highest BCUT2D eigenvalue weighted by Crippen LogP contribution is 2.43. The van der Waals surface area contributed by atoms with Crippen LogP contribution >= 0.6 is 0 Å². The highest BCUT2D eigenvalue weighted by molar-refractivity contribution is 5.86. The number of benzene rings is 1. The second-order valence-corrected chi connectivity index (χ2v) is 10.6. The van der Waals surface area contributed by atoms with Crippen molar-refractivity contribution in [2.24, 2.45) is 12.5 Å². The van der Waals surface area contributed by atoms with E-state index in [-0.39, 0.29) is 17.1 Å². The van der Waals surface area contributed by atoms with E-state index in [9.17, 15) is 13.6 Å². The summed E-state index contributed by atoms with van der Waals surface area (Å²) in [5, 5.41) is 8.69. The lowest BCUT2D eigenvalue weighted by molar-refractivity contribution is -0.131. The number of aromatic nitrogens is 5. The lowest BCUT2D eigenvalue weighted by Gasteiger charge is -2.54. The van der Waals surface area contributed by atoms with Crippen molar-refractivity contribution in [2.45, 2.75) is 33.3 Å². The first-order valence-electron chi connectivity index (χ1n) is 13.2. The molecule has 2 aliphatic rings. The van der Waals surface area contributed by atoms with Crippen LogP contribution in [0.4, 0.5) is 26.2 Å². The second kappa shape index (κ2) is 10.00. The standard InChI is InChI=1S/C28H30F2N8O2/c1-17-21-12-19(4-5-22(21)35-36(17)3)26-33-24(32-23-13-20(6-9-31-23)40-27(29)30)14-25(34-26)38-15-28(16-38)7-10-37(11-8-28)18(2)39/h4-6,9,12-14,27H,7-8,10-11,15-16H2,1-3H3,(H,31,32,33,34). The monoisotopic (exact) mass is 548 g/mol. The number of fused-ring (bicyclic) bond motifs is 1. The molecule has 10 nitrogen and oxygen atoms in total. The van der Waals surface area contributed by atoms with Crippen LogP contribution in [0.5, 0.6) is 5.75 Å². The van der Waals surface area contributed by atoms with Crippen molar-refractivity contribution >= 4 is 34.3 Å². The minimum atomic E-state index is -2.93. The first-order valence-corrected chi connectivity index (χ1v) is 13.2. The molecule has 2 aliphatic heterocycles. The summed E-state index contributed by atoms with van der Waals surface area (Å²) in [6.45, 7) is 3.93. The first-order chi connectivity index (χ1) is 19.2. The van der Waals surface area contributed by atoms with Crippen molar-refractivity contribution in [3.05, 3.63) is 48.3 Å². The van der Waals surface area contributed by atoms with Gasteiger partial charge in [-0.1, -0.05) is 0 Å². The zero-order valence-corrected chi connectivity index (χ0v) is 22.6. The lowest BCUT2D eigenvalue weighted by atomic mass is 9.72. The summed E-state index contributed by atoms with van der Waals surface area (Å²) in [5.41, 5.74) is 2.92. The number of alkyl halides is 2. The number of nitrogens with zero attached hydrogens (tertiary/aromatic N) is 7. The molecule has 40 heavy (non-hydrogen) atoms. The minimum absolute atomic E-state index is 0.00101. The van der Waals surface area contributed by atoms with Gasteiger partial charge < -0.3 is 19.9 Å². The number of carbonyl (C=O) groups is 1. The third kappa shape index (κ3) is 5.01. The number of carbonyl (C=O) groups excluding carboxylic acids is 1. The maximum absolute atomic E-state index is 12.7. The molecule has 5 heterocycles. The molecular weight excluding hydrogens is 518 g/mol. The molecule has 0 saturated carbocycles. The van der Waals surface area contributed by atoms with Crippen molar-refractivity contribution < 1.29 is 18.3 Å². The molecule has 2 fully saturated rings. The van der Waals surface area contributed by atoms with E-state index >= 15 is 0 Å². The molecule has 1 spiro atoms. The molecule has 0 aliphatic carbocycles. The molecule has 0 bridgehead atoms. The fourth-order valence-corrected chi connectivity index (χ4v) is 5.58. The van der Waals surface area contributed by atoms with Gasteiger partial charge >= 0.3 is 6.61 Å². The van der Waals surface area contributed by atoms with Gasteiger partial charge in [0.25, 0.3) is 0 Å². The van der Waals surface area contributed by atoms with Crippen LogP contribution < -0.4 is 15.0 Å². The molecule has 0 radical (unpaired) electrons. The summed E-state index contributed by atoms with van der Waals surface area (Å²) in [6, 6.07) is 10.6. The van der Waals surface area contributed by atoms with Crippen LogP contribution in [0.1, 0.15) is 25.5 Å². The number of hydrogen-bond acceptors (Lipinski definition) is 8. The zero-order chi connectivity index (χ0) is 28.0. The molecule has 1 aromatic carbocycles. The van der Waals surface area contributed by atoms with Crippen LogP contribution in [-0.4, -0.2) is 68.3 Å². The normalized spacial score (nSPS) is 16.4. The first kappa shape index (κ1) is 25.9. The minimum Gasteiger partial charge on any atom is -0.435 e. The Morgan fingerprint density at radius 1 is 1.07 bits per heavy atom. The molecule has 4 aromatic rings. The second-order valence-electron chi connectivity index (χ2n) is 10.6. The van der Waals surface area contributed by atoms with E-state index < -0.39 is 6.61 Å². The van der Waals surface area contributed by atoms with Crippen LogP contribution in [0.15, 0.2) is 42.6 Å². The molecule has 12 heteroatoms. The number of anilines is 3. The number of halogens is 2. The number of likely N-dealkylation sites (tertiary alicyclic amines) is 1. The van der Waals surface area contributed by atoms with Gasteiger partial charge in [-0.25, -0.2) is 15.0 Å². The van der Waals surface area contributed by atoms with Crippen molar-refractivity contribution in [3.8, 4) is 17.1 Å². The summed E-state index contributed by atoms with van der Waals surface area (Å²) < 4.78 is 31.9. The average molecular weight is 549 g/mol. The summed E-state index contributed by atoms with van der Waals surface area (Å²) in [5.74, 6) is 2.22. The number of hydrogen-bond donors (Lipinski definition) is 1. The number of aryl methyl sites for hydroxylation is 2. The molecule has 0 unspecified atom stereocenters. The Hall–Kier alpha value is -4.35.